The lowest BCUT2D eigenvalue weighted by Crippen LogP contribution is -2.60. The second kappa shape index (κ2) is 35.7. The molecule has 29 heteroatoms. The summed E-state index contributed by atoms with van der Waals surface area (Å²) in [6.45, 7) is 7.11. The molecule has 0 aliphatic carbocycles. The minimum atomic E-state index is -1.46. The molecular formula is C62H86N16O12S. The molecular weight excluding hydrogens is 1190 g/mol. The number of aromatic amines is 2. The number of nitrogens with two attached hydrogens (primary N) is 4. The highest BCUT2D eigenvalue weighted by atomic mass is 32.1. The predicted molar refractivity (Wildman–Crippen MR) is 343 cm³/mol. The summed E-state index contributed by atoms with van der Waals surface area (Å²) in [5, 5.41) is 27.5. The van der Waals surface area contributed by atoms with Gasteiger partial charge in [-0.15, -0.1) is 0 Å². The van der Waals surface area contributed by atoms with E-state index in [0.717, 1.165) is 21.8 Å². The van der Waals surface area contributed by atoms with Crippen LogP contribution in [-0.4, -0.2) is 160 Å². The molecule has 0 saturated carbocycles. The Labute approximate surface area is 532 Å². The Hall–Kier alpha value is -9.35. The Balaban J connectivity index is 1.27. The fourth-order valence-electron chi connectivity index (χ4n) is 9.73. The molecule has 0 radical (unpaired) electrons. The van der Waals surface area contributed by atoms with E-state index >= 15 is 0 Å². The van der Waals surface area contributed by atoms with Gasteiger partial charge < -0.3 is 86.1 Å². The molecule has 3 aromatic carbocycles. The number of para-hydroxylation sites is 2. The first-order chi connectivity index (χ1) is 43.3. The van der Waals surface area contributed by atoms with Crippen LogP contribution in [0, 0.1) is 5.92 Å². The Morgan fingerprint density at radius 3 is 1.48 bits per heavy atom. The number of aromatic nitrogens is 2. The van der Waals surface area contributed by atoms with Crippen molar-refractivity contribution in [2.45, 2.75) is 153 Å². The maximum absolute atomic E-state index is 14.6. The molecule has 1 unspecified atom stereocenters. The van der Waals surface area contributed by atoms with Crippen molar-refractivity contribution in [3.8, 4) is 0 Å². The van der Waals surface area contributed by atoms with Crippen molar-refractivity contribution >= 4 is 105 Å². The third kappa shape index (κ3) is 22.3. The van der Waals surface area contributed by atoms with Crippen LogP contribution in [0.4, 0.5) is 0 Å². The summed E-state index contributed by atoms with van der Waals surface area (Å²) in [5.74, 6) is -10.3. The number of unbranched alkanes of at least 4 members (excludes halogenated alkanes) is 1. The number of hydrogen-bond donors (Lipinski definition) is 17. The van der Waals surface area contributed by atoms with Gasteiger partial charge in [0.15, 0.2) is 0 Å². The molecule has 12 amide bonds. The summed E-state index contributed by atoms with van der Waals surface area (Å²) in [4.78, 5) is 169. The van der Waals surface area contributed by atoms with E-state index in [1.165, 1.54) is 20.8 Å². The van der Waals surface area contributed by atoms with Crippen LogP contribution in [0.1, 0.15) is 89.8 Å². The van der Waals surface area contributed by atoms with Crippen LogP contribution in [0.3, 0.4) is 0 Å². The zero-order valence-electron chi connectivity index (χ0n) is 51.7. The topological polar surface area (TPSA) is 461 Å². The Kier molecular flexibility index (Phi) is 28.4. The van der Waals surface area contributed by atoms with Gasteiger partial charge in [0.2, 0.25) is 70.9 Å². The summed E-state index contributed by atoms with van der Waals surface area (Å²) in [6, 6.07) is 10.7. The first kappa shape index (κ1) is 72.4. The minimum Gasteiger partial charge on any atom is -0.370 e. The van der Waals surface area contributed by atoms with Gasteiger partial charge in [-0.3, -0.25) is 57.5 Å². The van der Waals surface area contributed by atoms with E-state index in [4.69, 9.17) is 22.9 Å². The zero-order chi connectivity index (χ0) is 66.9. The molecule has 2 heterocycles. The first-order valence-electron chi connectivity index (χ1n) is 30.1. The molecule has 0 spiro atoms. The number of H-pyrrole nitrogens is 2. The molecule has 0 bridgehead atoms. The second-order valence-corrected chi connectivity index (χ2v) is 22.8. The fraction of sp³-hybridized carbons (Fsp3) is 0.452. The molecule has 0 aliphatic rings. The van der Waals surface area contributed by atoms with Crippen molar-refractivity contribution in [1.29, 1.82) is 0 Å². The Bertz CT molecular complexity index is 3360. The fourth-order valence-corrected chi connectivity index (χ4v) is 9.98. The van der Waals surface area contributed by atoms with Gasteiger partial charge in [-0.05, 0) is 87.7 Å². The molecule has 0 saturated heterocycles. The lowest BCUT2D eigenvalue weighted by Gasteiger charge is -2.28. The van der Waals surface area contributed by atoms with Crippen LogP contribution in [0.2, 0.25) is 0 Å². The van der Waals surface area contributed by atoms with Crippen molar-refractivity contribution in [2.24, 2.45) is 28.9 Å². The maximum atomic E-state index is 14.6. The highest BCUT2D eigenvalue weighted by Gasteiger charge is 2.35. The van der Waals surface area contributed by atoms with Crippen LogP contribution >= 0.6 is 12.6 Å². The summed E-state index contributed by atoms with van der Waals surface area (Å²) >= 11 is 4.26. The van der Waals surface area contributed by atoms with Gasteiger partial charge in [0.25, 0.3) is 0 Å². The Morgan fingerprint density at radius 2 is 0.956 bits per heavy atom. The molecule has 5 rings (SSSR count). The van der Waals surface area contributed by atoms with Crippen molar-refractivity contribution in [3.63, 3.8) is 0 Å². The smallest absolute Gasteiger partial charge is 0.244 e. The first-order valence-corrected chi connectivity index (χ1v) is 30.8. The van der Waals surface area contributed by atoms with E-state index in [1.807, 2.05) is 42.5 Å². The summed E-state index contributed by atoms with van der Waals surface area (Å²) in [5.41, 5.74) is 26.0. The number of primary amides is 2. The summed E-state index contributed by atoms with van der Waals surface area (Å²) in [7, 11) is 0. The molecule has 492 valence electrons. The molecule has 0 aliphatic heterocycles. The molecule has 2 aromatic heterocycles. The number of rotatable bonds is 37. The number of benzene rings is 3. The van der Waals surface area contributed by atoms with Gasteiger partial charge in [0.05, 0.1) is 12.6 Å². The SMILES string of the molecule is CCC(C)[C@H](NC(=O)CNC(=O)[C@H](C)NC(=O)[C@H](Cc1c[nH]c2ccccc12)NC(=O)[C@H](Cc1c[nH]c2ccccc12)NC(=O)[C@H](CS)NC(=O)[C@H](C)N)C(=O)N[C@@H](CCCCN)C(=O)N[C@@H](CCC(N)=O)C(=O)N[C@@H](C)C(=O)N[C@@H](Cc1ccccc1)C(N)=O. The number of carbonyl (C=O) groups is 12. The summed E-state index contributed by atoms with van der Waals surface area (Å²) < 4.78 is 0. The van der Waals surface area contributed by atoms with Gasteiger partial charge in [0, 0.05) is 65.6 Å². The molecule has 28 nitrogen and oxygen atoms in total. The number of hydrogen-bond acceptors (Lipinski definition) is 15. The molecule has 20 N–H and O–H groups in total. The number of carbonyl (C=O) groups excluding carboxylic acids is 12. The van der Waals surface area contributed by atoms with Gasteiger partial charge in [0.1, 0.15) is 54.4 Å². The standard InChI is InChI=1S/C62H86N16O12S/c1-6-33(2)52(62(90)73-44(22-14-15-25-63)58(86)72-45(23-24-50(65)79)57(85)71-36(5)56(84)74-46(53(66)81)26-37-16-8-7-9-17-37)78-51(80)31-69-55(83)35(4)70-59(87)47(27-38-29-67-42-20-12-10-18-40(38)42)75-60(88)48(28-39-30-68-43-21-13-11-19-41(39)43)76-61(89)49(32-91)77-54(82)34(3)64/h7-13,16-21,29-30,33-36,44-49,52,67-68,91H,6,14-15,22-28,31-32,63-64H2,1-5H3,(H2,65,79)(H2,66,81)(H,69,83)(H,70,87)(H,71,85)(H,72,86)(H,73,90)(H,74,84)(H,75,88)(H,76,89)(H,77,82)(H,78,80)/t33?,34-,35-,36-,44-,45-,46-,47-,48-,49-,52-/m0/s1. The van der Waals surface area contributed by atoms with Crippen molar-refractivity contribution in [1.82, 2.24) is 63.1 Å². The van der Waals surface area contributed by atoms with Crippen LogP contribution in [0.15, 0.2) is 91.3 Å². The van der Waals surface area contributed by atoms with E-state index in [2.05, 4.69) is 75.8 Å². The minimum absolute atomic E-state index is 0.00968. The van der Waals surface area contributed by atoms with Crippen molar-refractivity contribution in [3.05, 3.63) is 108 Å². The normalized spacial score (nSPS) is 14.8. The average molecular weight is 1280 g/mol. The summed E-state index contributed by atoms with van der Waals surface area (Å²) in [6.07, 6.45) is 3.70. The molecule has 91 heavy (non-hydrogen) atoms. The Morgan fingerprint density at radius 1 is 0.495 bits per heavy atom. The van der Waals surface area contributed by atoms with E-state index in [1.54, 1.807) is 62.6 Å². The lowest BCUT2D eigenvalue weighted by molar-refractivity contribution is -0.135. The number of fused-ring (bicyclic) bond motifs is 2. The van der Waals surface area contributed by atoms with E-state index in [9.17, 15) is 57.5 Å². The number of nitrogens with one attached hydrogen (secondary N) is 12. The third-order valence-corrected chi connectivity index (χ3v) is 15.6. The average Bonchev–Trinajstić information content (AvgIpc) is 2.22. The van der Waals surface area contributed by atoms with Gasteiger partial charge in [-0.1, -0.05) is 87.0 Å². The lowest BCUT2D eigenvalue weighted by atomic mass is 9.97. The van der Waals surface area contributed by atoms with Crippen LogP contribution in [-0.2, 0) is 76.8 Å². The number of amides is 12. The van der Waals surface area contributed by atoms with Gasteiger partial charge in [-0.25, -0.2) is 0 Å². The highest BCUT2D eigenvalue weighted by Crippen LogP contribution is 2.22. The predicted octanol–water partition coefficient (Wildman–Crippen LogP) is -1.60. The molecule has 0 fully saturated rings. The van der Waals surface area contributed by atoms with Crippen molar-refractivity contribution in [2.75, 3.05) is 18.8 Å². The maximum Gasteiger partial charge on any atom is 0.244 e. The quantitative estimate of drug-likeness (QED) is 0.0157. The number of thiol groups is 1. The van der Waals surface area contributed by atoms with Crippen LogP contribution in [0.5, 0.6) is 0 Å². The monoisotopic (exact) mass is 1280 g/mol. The zero-order valence-corrected chi connectivity index (χ0v) is 52.5. The third-order valence-electron chi connectivity index (χ3n) is 15.3. The van der Waals surface area contributed by atoms with Crippen LogP contribution in [0.25, 0.3) is 21.8 Å². The van der Waals surface area contributed by atoms with E-state index in [0.29, 0.717) is 36.0 Å². The second-order valence-electron chi connectivity index (χ2n) is 22.5. The highest BCUT2D eigenvalue weighted by molar-refractivity contribution is 7.80. The van der Waals surface area contributed by atoms with Crippen LogP contribution < -0.4 is 76.1 Å². The van der Waals surface area contributed by atoms with Gasteiger partial charge in [-0.2, -0.15) is 12.6 Å². The van der Waals surface area contributed by atoms with E-state index in [-0.39, 0.29) is 50.8 Å². The molecule has 5 aromatic rings. The van der Waals surface area contributed by atoms with Gasteiger partial charge >= 0.3 is 0 Å². The van der Waals surface area contributed by atoms with E-state index < -0.39 is 144 Å². The molecule has 11 atom stereocenters. The largest absolute Gasteiger partial charge is 0.370 e. The van der Waals surface area contributed by atoms with Crippen molar-refractivity contribution < 1.29 is 57.5 Å².